The predicted molar refractivity (Wildman–Crippen MR) is 156 cm³/mol. The number of esters is 1. The number of fused-ring (bicyclic) bond motifs is 5. The molecule has 8 atom stereocenters. The molecule has 0 spiro atoms. The smallest absolute Gasteiger partial charge is 0.322 e. The van der Waals surface area contributed by atoms with Crippen LogP contribution < -0.4 is 10.6 Å². The first kappa shape index (κ1) is 33.8. The van der Waals surface area contributed by atoms with Crippen LogP contribution >= 0.6 is 0 Å². The van der Waals surface area contributed by atoms with Crippen molar-refractivity contribution in [1.29, 1.82) is 0 Å². The van der Waals surface area contributed by atoms with Crippen molar-refractivity contribution in [2.24, 2.45) is 34.5 Å². The molecular formula is C32H46N2O10. The Balaban J connectivity index is 1.33. The summed E-state index contributed by atoms with van der Waals surface area (Å²) in [6, 6.07) is -0.995. The normalized spacial score (nSPS) is 35.0. The molecule has 0 bridgehead atoms. The molecule has 4 aliphatic rings. The summed E-state index contributed by atoms with van der Waals surface area (Å²) in [6.45, 7) is 6.08. The Morgan fingerprint density at radius 1 is 1.07 bits per heavy atom. The van der Waals surface area contributed by atoms with Crippen LogP contribution in [-0.4, -0.2) is 81.5 Å². The molecule has 44 heavy (non-hydrogen) atoms. The van der Waals surface area contributed by atoms with Gasteiger partial charge in [-0.05, 0) is 73.7 Å². The lowest BCUT2D eigenvalue weighted by atomic mass is 9.45. The number of rotatable bonds is 11. The van der Waals surface area contributed by atoms with E-state index in [0.717, 1.165) is 18.4 Å². The van der Waals surface area contributed by atoms with E-state index < -0.39 is 65.8 Å². The van der Waals surface area contributed by atoms with Gasteiger partial charge in [-0.25, -0.2) is 0 Å². The molecule has 244 valence electrons. The van der Waals surface area contributed by atoms with Crippen LogP contribution in [0.5, 0.6) is 0 Å². The second-order valence-corrected chi connectivity index (χ2v) is 14.0. The summed E-state index contributed by atoms with van der Waals surface area (Å²) in [5, 5.41) is 36.8. The van der Waals surface area contributed by atoms with Crippen molar-refractivity contribution in [1.82, 2.24) is 10.6 Å². The molecule has 4 rings (SSSR count). The molecule has 12 heteroatoms. The fraction of sp³-hybridized carbons (Fsp3) is 0.750. The molecule has 3 saturated carbocycles. The van der Waals surface area contributed by atoms with Gasteiger partial charge in [0.25, 0.3) is 0 Å². The number of ketones is 2. The average Bonchev–Trinajstić information content (AvgIpc) is 3.22. The number of carbonyl (C=O) groups excluding carboxylic acids is 5. The van der Waals surface area contributed by atoms with Crippen molar-refractivity contribution in [3.63, 3.8) is 0 Å². The van der Waals surface area contributed by atoms with Gasteiger partial charge >= 0.3 is 11.9 Å². The van der Waals surface area contributed by atoms with Crippen molar-refractivity contribution in [3.8, 4) is 0 Å². The standard InChI is InChI=1S/C32H46N2O10/c1-17(2)28(29(42)33-15-25(39)40)34-24(38)7-8-26(41)44-16-23(37)32(43)12-10-21-20-6-5-18-13-19(35)9-11-30(18,3)27(20)22(36)14-31(21,32)4/h13,17,20-22,27-28,36,43H,5-12,14-16H2,1-4H3,(H,33,42)(H,34,38)(H,39,40)/t20-,21+,22+,27+,28-,30+,31+,32+/m1/s1. The molecule has 3 fully saturated rings. The SMILES string of the molecule is CC(C)[C@@H](NC(=O)CCC(=O)OCC(=O)[C@@]1(O)CC[C@H]2[C@H]3CCC4=CC(=O)CC[C@]4(C)[C@@H]3[C@@H](O)C[C@@]21C)C(=O)NCC(=O)O. The van der Waals surface area contributed by atoms with Crippen LogP contribution in [0.15, 0.2) is 11.6 Å². The second kappa shape index (κ2) is 12.7. The summed E-state index contributed by atoms with van der Waals surface area (Å²) < 4.78 is 5.18. The maximum absolute atomic E-state index is 13.4. The number of carbonyl (C=O) groups is 6. The van der Waals surface area contributed by atoms with E-state index in [2.05, 4.69) is 17.6 Å². The third-order valence-electron chi connectivity index (χ3n) is 11.1. The summed E-state index contributed by atoms with van der Waals surface area (Å²) in [7, 11) is 0. The number of carboxylic acids is 1. The molecule has 0 aliphatic heterocycles. The van der Waals surface area contributed by atoms with Crippen molar-refractivity contribution in [2.45, 2.75) is 103 Å². The van der Waals surface area contributed by atoms with Crippen molar-refractivity contribution in [3.05, 3.63) is 11.6 Å². The molecule has 4 aliphatic carbocycles. The van der Waals surface area contributed by atoms with Gasteiger partial charge in [0, 0.05) is 18.3 Å². The molecule has 12 nitrogen and oxygen atoms in total. The van der Waals surface area contributed by atoms with Crippen LogP contribution in [0.2, 0.25) is 0 Å². The number of hydrogen-bond acceptors (Lipinski definition) is 9. The number of allylic oxidation sites excluding steroid dienone is 1. The van der Waals surface area contributed by atoms with Crippen molar-refractivity contribution >= 4 is 35.3 Å². The van der Waals surface area contributed by atoms with E-state index in [0.29, 0.717) is 19.3 Å². The Morgan fingerprint density at radius 3 is 2.43 bits per heavy atom. The van der Waals surface area contributed by atoms with Crippen LogP contribution in [0.25, 0.3) is 0 Å². The maximum Gasteiger partial charge on any atom is 0.322 e. The molecule has 0 aromatic rings. The Hall–Kier alpha value is -3.12. The van der Waals surface area contributed by atoms with Gasteiger partial charge in [-0.15, -0.1) is 0 Å². The van der Waals surface area contributed by atoms with Gasteiger partial charge in [-0.1, -0.05) is 33.3 Å². The highest BCUT2D eigenvalue weighted by Gasteiger charge is 2.68. The fourth-order valence-corrected chi connectivity index (χ4v) is 8.76. The lowest BCUT2D eigenvalue weighted by molar-refractivity contribution is -0.184. The molecular weight excluding hydrogens is 572 g/mol. The van der Waals surface area contributed by atoms with Crippen LogP contribution in [-0.2, 0) is 33.5 Å². The first-order valence-electron chi connectivity index (χ1n) is 15.7. The second-order valence-electron chi connectivity index (χ2n) is 14.0. The summed E-state index contributed by atoms with van der Waals surface area (Å²) in [4.78, 5) is 73.4. The Kier molecular flexibility index (Phi) is 9.75. The highest BCUT2D eigenvalue weighted by Crippen LogP contribution is 2.67. The van der Waals surface area contributed by atoms with Gasteiger partial charge in [0.2, 0.25) is 17.6 Å². The van der Waals surface area contributed by atoms with Gasteiger partial charge in [-0.2, -0.15) is 0 Å². The summed E-state index contributed by atoms with van der Waals surface area (Å²) in [5.41, 5.74) is -1.88. The lowest BCUT2D eigenvalue weighted by Crippen LogP contribution is -2.62. The number of nitrogens with one attached hydrogen (secondary N) is 2. The van der Waals surface area contributed by atoms with Crippen molar-refractivity contribution in [2.75, 3.05) is 13.2 Å². The molecule has 0 radical (unpaired) electrons. The fourth-order valence-electron chi connectivity index (χ4n) is 8.76. The minimum atomic E-state index is -1.78. The average molecular weight is 619 g/mol. The third kappa shape index (κ3) is 6.20. The van der Waals surface area contributed by atoms with Gasteiger partial charge < -0.3 is 30.7 Å². The van der Waals surface area contributed by atoms with Gasteiger partial charge in [0.05, 0.1) is 12.5 Å². The zero-order valence-electron chi connectivity index (χ0n) is 26.0. The number of aliphatic carboxylic acids is 1. The maximum atomic E-state index is 13.4. The number of aliphatic hydroxyl groups is 2. The highest BCUT2D eigenvalue weighted by molar-refractivity contribution is 5.93. The Morgan fingerprint density at radius 2 is 1.77 bits per heavy atom. The van der Waals surface area contributed by atoms with E-state index in [1.807, 2.05) is 6.92 Å². The largest absolute Gasteiger partial charge is 0.480 e. The topological polar surface area (TPSA) is 196 Å². The van der Waals surface area contributed by atoms with Crippen molar-refractivity contribution < 1.29 is 48.8 Å². The molecule has 0 unspecified atom stereocenters. The first-order valence-corrected chi connectivity index (χ1v) is 15.7. The monoisotopic (exact) mass is 618 g/mol. The quantitative estimate of drug-likeness (QED) is 0.211. The minimum Gasteiger partial charge on any atom is -0.480 e. The lowest BCUT2D eigenvalue weighted by Gasteiger charge is -2.60. The van der Waals surface area contributed by atoms with Gasteiger partial charge in [0.1, 0.15) is 18.2 Å². The number of ether oxygens (including phenoxy) is 1. The Bertz CT molecular complexity index is 1250. The summed E-state index contributed by atoms with van der Waals surface area (Å²) >= 11 is 0. The molecule has 5 N–H and O–H groups in total. The number of amides is 2. The van der Waals surface area contributed by atoms with Gasteiger partial charge in [0.15, 0.2) is 12.4 Å². The van der Waals surface area contributed by atoms with E-state index in [-0.39, 0.29) is 60.6 Å². The van der Waals surface area contributed by atoms with E-state index in [1.54, 1.807) is 19.9 Å². The zero-order valence-corrected chi connectivity index (χ0v) is 26.0. The van der Waals surface area contributed by atoms with E-state index in [9.17, 15) is 39.0 Å². The number of hydrogen-bond donors (Lipinski definition) is 5. The predicted octanol–water partition coefficient (Wildman–Crippen LogP) is 1.45. The molecule has 0 heterocycles. The molecule has 2 amide bonds. The molecule has 0 aromatic heterocycles. The van der Waals surface area contributed by atoms with E-state index >= 15 is 0 Å². The zero-order chi connectivity index (χ0) is 32.6. The van der Waals surface area contributed by atoms with E-state index in [1.165, 1.54) is 0 Å². The highest BCUT2D eigenvalue weighted by atomic mass is 16.5. The molecule has 0 aromatic carbocycles. The number of carboxylic acid groups (broad SMARTS) is 1. The third-order valence-corrected chi connectivity index (χ3v) is 11.1. The van der Waals surface area contributed by atoms with E-state index in [4.69, 9.17) is 9.84 Å². The molecule has 0 saturated heterocycles. The Labute approximate surface area is 257 Å². The first-order chi connectivity index (χ1) is 20.5. The number of aliphatic hydroxyl groups excluding tert-OH is 1. The van der Waals surface area contributed by atoms with Crippen LogP contribution in [0.4, 0.5) is 0 Å². The minimum absolute atomic E-state index is 0.0122. The van der Waals surface area contributed by atoms with Gasteiger partial charge in [-0.3, -0.25) is 28.8 Å². The summed E-state index contributed by atoms with van der Waals surface area (Å²) in [6.07, 6.45) is 4.01. The van der Waals surface area contributed by atoms with Crippen LogP contribution in [0.1, 0.15) is 85.5 Å². The van der Waals surface area contributed by atoms with Crippen LogP contribution in [0, 0.1) is 34.5 Å². The summed E-state index contributed by atoms with van der Waals surface area (Å²) in [5.74, 6) is -4.15. The number of Topliss-reactive ketones (excluding diaryl/α,β-unsaturated/α-hetero) is 1. The van der Waals surface area contributed by atoms with Crippen LogP contribution in [0.3, 0.4) is 0 Å².